The van der Waals surface area contributed by atoms with E-state index >= 15 is 0 Å². The fourth-order valence-corrected chi connectivity index (χ4v) is 4.10. The fraction of sp³-hybridized carbons (Fsp3) is 0.200. The maximum atomic E-state index is 13.3. The Morgan fingerprint density at radius 1 is 1.09 bits per heavy atom. The quantitative estimate of drug-likeness (QED) is 0.376. The molecule has 1 aromatic heterocycles. The van der Waals surface area contributed by atoms with E-state index in [4.69, 9.17) is 16.6 Å². The van der Waals surface area contributed by atoms with Crippen molar-refractivity contribution in [3.8, 4) is 0 Å². The highest BCUT2D eigenvalue weighted by Gasteiger charge is 2.43. The number of rotatable bonds is 8. The van der Waals surface area contributed by atoms with Crippen LogP contribution < -0.4 is 5.32 Å². The van der Waals surface area contributed by atoms with E-state index in [1.165, 1.54) is 42.5 Å². The number of benzene rings is 2. The van der Waals surface area contributed by atoms with Gasteiger partial charge in [-0.3, -0.25) is 14.5 Å². The Labute approximate surface area is 206 Å². The third-order valence-electron chi connectivity index (χ3n) is 5.53. The van der Waals surface area contributed by atoms with Gasteiger partial charge in [-0.15, -0.1) is 0 Å². The lowest BCUT2D eigenvalue weighted by Crippen LogP contribution is -2.37. The van der Waals surface area contributed by atoms with Gasteiger partial charge < -0.3 is 19.4 Å². The monoisotopic (exact) mass is 495 g/mol. The van der Waals surface area contributed by atoms with E-state index in [1.807, 2.05) is 0 Å². The van der Waals surface area contributed by atoms with Crippen molar-refractivity contribution in [2.75, 3.05) is 12.4 Å². The van der Waals surface area contributed by atoms with Gasteiger partial charge in [-0.2, -0.15) is 0 Å². The Bertz CT molecular complexity index is 1230. The first kappa shape index (κ1) is 24.1. The number of nitrogens with one attached hydrogen (secondary N) is 1. The van der Waals surface area contributed by atoms with Gasteiger partial charge in [0.05, 0.1) is 38.4 Å². The molecule has 1 N–H and O–H groups in total. The molecule has 0 bridgehead atoms. The van der Waals surface area contributed by atoms with Gasteiger partial charge in [-0.1, -0.05) is 12.1 Å². The third kappa shape index (κ3) is 5.55. The summed E-state index contributed by atoms with van der Waals surface area (Å²) in [5.74, 6) is -1.000. The molecule has 0 spiro atoms. The molecule has 4 rings (SSSR count). The summed E-state index contributed by atoms with van der Waals surface area (Å²) in [4.78, 5) is 40.8. The van der Waals surface area contributed by atoms with Crippen LogP contribution in [0.15, 0.2) is 71.3 Å². The average Bonchev–Trinajstić information content (AvgIpc) is 3.44. The molecular formula is C25H22FN3O5S. The second kappa shape index (κ2) is 10.5. The van der Waals surface area contributed by atoms with Gasteiger partial charge in [0.15, 0.2) is 5.11 Å². The molecule has 1 saturated heterocycles. The smallest absolute Gasteiger partial charge is 0.337 e. The van der Waals surface area contributed by atoms with Crippen molar-refractivity contribution in [3.63, 3.8) is 0 Å². The number of hydrogen-bond donors (Lipinski definition) is 1. The zero-order chi connectivity index (χ0) is 24.9. The van der Waals surface area contributed by atoms with Crippen LogP contribution in [-0.2, 0) is 27.4 Å². The molecule has 10 heteroatoms. The van der Waals surface area contributed by atoms with Crippen LogP contribution in [-0.4, -0.2) is 45.8 Å². The molecule has 2 aromatic carbocycles. The molecule has 2 amide bonds. The number of anilines is 1. The SMILES string of the molecule is COC(=O)c1ccc(NC(=O)C[C@H]2C(=O)N(Cc3ccc(F)cc3)C(=S)N2Cc2ccco2)cc1. The number of amides is 2. The van der Waals surface area contributed by atoms with Crippen LogP contribution in [0.25, 0.3) is 0 Å². The van der Waals surface area contributed by atoms with Crippen LogP contribution in [0.4, 0.5) is 10.1 Å². The Balaban J connectivity index is 1.50. The third-order valence-corrected chi connectivity index (χ3v) is 5.99. The predicted octanol–water partition coefficient (Wildman–Crippen LogP) is 3.73. The van der Waals surface area contributed by atoms with Gasteiger partial charge >= 0.3 is 5.97 Å². The largest absolute Gasteiger partial charge is 0.467 e. The number of methoxy groups -OCH3 is 1. The van der Waals surface area contributed by atoms with Crippen LogP contribution in [0.3, 0.4) is 0 Å². The summed E-state index contributed by atoms with van der Waals surface area (Å²) in [5.41, 5.74) is 1.52. The molecule has 3 aromatic rings. The Kier molecular flexibility index (Phi) is 7.21. The van der Waals surface area contributed by atoms with Crippen LogP contribution in [0.5, 0.6) is 0 Å². The summed E-state index contributed by atoms with van der Waals surface area (Å²) >= 11 is 5.59. The number of halogens is 1. The van der Waals surface area contributed by atoms with Crippen molar-refractivity contribution in [1.82, 2.24) is 9.80 Å². The molecule has 0 radical (unpaired) electrons. The van der Waals surface area contributed by atoms with Gasteiger partial charge in [0.2, 0.25) is 5.91 Å². The normalized spacial score (nSPS) is 15.4. The molecule has 180 valence electrons. The van der Waals surface area contributed by atoms with Crippen molar-refractivity contribution in [3.05, 3.63) is 89.6 Å². The molecule has 8 nitrogen and oxygen atoms in total. The molecule has 1 aliphatic heterocycles. The highest BCUT2D eigenvalue weighted by Crippen LogP contribution is 2.26. The van der Waals surface area contributed by atoms with Gasteiger partial charge in [0.1, 0.15) is 17.6 Å². The van der Waals surface area contributed by atoms with Crippen molar-refractivity contribution in [2.24, 2.45) is 0 Å². The van der Waals surface area contributed by atoms with Gasteiger partial charge in [-0.05, 0) is 66.3 Å². The lowest BCUT2D eigenvalue weighted by Gasteiger charge is -2.22. The van der Waals surface area contributed by atoms with E-state index in [2.05, 4.69) is 10.1 Å². The Morgan fingerprint density at radius 3 is 2.43 bits per heavy atom. The fourth-order valence-electron chi connectivity index (χ4n) is 3.75. The van der Waals surface area contributed by atoms with Gasteiger partial charge in [-0.25, -0.2) is 9.18 Å². The highest BCUT2D eigenvalue weighted by molar-refractivity contribution is 7.80. The second-order valence-electron chi connectivity index (χ2n) is 7.88. The molecule has 1 fully saturated rings. The van der Waals surface area contributed by atoms with Gasteiger partial charge in [0.25, 0.3) is 5.91 Å². The minimum absolute atomic E-state index is 0.152. The summed E-state index contributed by atoms with van der Waals surface area (Å²) in [6.07, 6.45) is 1.37. The van der Waals surface area contributed by atoms with E-state index in [9.17, 15) is 18.8 Å². The zero-order valence-corrected chi connectivity index (χ0v) is 19.6. The van der Waals surface area contributed by atoms with Crippen LogP contribution in [0.1, 0.15) is 28.1 Å². The van der Waals surface area contributed by atoms with Crippen molar-refractivity contribution < 1.29 is 27.9 Å². The topological polar surface area (TPSA) is 92.1 Å². The molecule has 1 atom stereocenters. The standard InChI is InChI=1S/C25H22FN3O5S/c1-33-24(32)17-6-10-19(11-7-17)27-22(30)13-21-23(31)29(14-16-4-8-18(26)9-5-16)25(35)28(21)15-20-3-2-12-34-20/h2-12,21H,13-15H2,1H3,(H,27,30)/t21-/m0/s1. The summed E-state index contributed by atoms with van der Waals surface area (Å²) in [6.45, 7) is 0.364. The second-order valence-corrected chi connectivity index (χ2v) is 8.24. The maximum absolute atomic E-state index is 13.3. The average molecular weight is 496 g/mol. The predicted molar refractivity (Wildman–Crippen MR) is 129 cm³/mol. The first-order chi connectivity index (χ1) is 16.9. The molecule has 2 heterocycles. The molecule has 0 saturated carbocycles. The molecule has 35 heavy (non-hydrogen) atoms. The number of carbonyl (C=O) groups excluding carboxylic acids is 3. The maximum Gasteiger partial charge on any atom is 0.337 e. The summed E-state index contributed by atoms with van der Waals surface area (Å²) < 4.78 is 23.4. The van der Waals surface area contributed by atoms with E-state index in [-0.39, 0.29) is 36.3 Å². The number of esters is 1. The van der Waals surface area contributed by atoms with E-state index in [1.54, 1.807) is 41.3 Å². The number of thiocarbonyl (C=S) groups is 1. The number of ether oxygens (including phenoxy) is 1. The Morgan fingerprint density at radius 2 is 1.80 bits per heavy atom. The number of carbonyl (C=O) groups is 3. The van der Waals surface area contributed by atoms with E-state index in [0.717, 1.165) is 0 Å². The Hall–Kier alpha value is -4.05. The molecule has 0 unspecified atom stereocenters. The van der Waals surface area contributed by atoms with Crippen molar-refractivity contribution in [1.29, 1.82) is 0 Å². The van der Waals surface area contributed by atoms with Crippen LogP contribution in [0.2, 0.25) is 0 Å². The van der Waals surface area contributed by atoms with Crippen LogP contribution >= 0.6 is 12.2 Å². The molecule has 1 aliphatic rings. The minimum atomic E-state index is -0.845. The van der Waals surface area contributed by atoms with Crippen LogP contribution in [0, 0.1) is 5.82 Å². The molecule has 0 aliphatic carbocycles. The number of hydrogen-bond acceptors (Lipinski definition) is 6. The summed E-state index contributed by atoms with van der Waals surface area (Å²) in [7, 11) is 1.29. The van der Waals surface area contributed by atoms with E-state index < -0.39 is 17.9 Å². The highest BCUT2D eigenvalue weighted by atomic mass is 32.1. The van der Waals surface area contributed by atoms with Crippen molar-refractivity contribution >= 4 is 40.8 Å². The lowest BCUT2D eigenvalue weighted by molar-refractivity contribution is -0.131. The first-order valence-electron chi connectivity index (χ1n) is 10.7. The summed E-state index contributed by atoms with van der Waals surface area (Å²) in [5, 5.41) is 3.00. The van der Waals surface area contributed by atoms with E-state index in [0.29, 0.717) is 22.6 Å². The minimum Gasteiger partial charge on any atom is -0.467 e. The van der Waals surface area contributed by atoms with Crippen molar-refractivity contribution in [2.45, 2.75) is 25.6 Å². The summed E-state index contributed by atoms with van der Waals surface area (Å²) in [6, 6.07) is 14.7. The van der Waals surface area contributed by atoms with Gasteiger partial charge in [0, 0.05) is 5.69 Å². The number of nitrogens with zero attached hydrogens (tertiary/aromatic N) is 2. The lowest BCUT2D eigenvalue weighted by atomic mass is 10.1. The zero-order valence-electron chi connectivity index (χ0n) is 18.8. The molecular weight excluding hydrogens is 473 g/mol. The number of furan rings is 1. The first-order valence-corrected chi connectivity index (χ1v) is 11.1.